The van der Waals surface area contributed by atoms with Crippen LogP contribution in [0, 0.1) is 0 Å². The molecule has 94 valence electrons. The van der Waals surface area contributed by atoms with Crippen LogP contribution in [0.5, 0.6) is 0 Å². The Kier molecular flexibility index (Phi) is 4.24. The zero-order chi connectivity index (χ0) is 12.3. The number of aromatic nitrogens is 1. The van der Waals surface area contributed by atoms with E-state index in [0.717, 1.165) is 11.4 Å². The minimum absolute atomic E-state index is 0.465. The molecule has 1 aromatic rings. The fourth-order valence-corrected chi connectivity index (χ4v) is 2.84. The maximum atomic E-state index is 6.34. The highest BCUT2D eigenvalue weighted by atomic mass is 35.5. The van der Waals surface area contributed by atoms with Crippen LogP contribution in [0.15, 0.2) is 12.3 Å². The van der Waals surface area contributed by atoms with E-state index in [2.05, 4.69) is 16.9 Å². The van der Waals surface area contributed by atoms with Gasteiger partial charge in [-0.2, -0.15) is 0 Å². The maximum Gasteiger partial charge on any atom is 0.147 e. The molecule has 1 saturated carbocycles. The lowest BCUT2D eigenvalue weighted by atomic mass is 9.94. The van der Waals surface area contributed by atoms with E-state index in [1.165, 1.54) is 32.1 Å². The van der Waals surface area contributed by atoms with Gasteiger partial charge in [0.15, 0.2) is 0 Å². The summed E-state index contributed by atoms with van der Waals surface area (Å²) in [6, 6.07) is 2.46. The maximum absolute atomic E-state index is 6.34. The number of nitrogens with two attached hydrogens (primary N) is 1. The van der Waals surface area contributed by atoms with Crippen molar-refractivity contribution in [1.82, 2.24) is 4.98 Å². The van der Waals surface area contributed by atoms with E-state index < -0.39 is 0 Å². The van der Waals surface area contributed by atoms with E-state index in [0.29, 0.717) is 17.6 Å². The number of pyridine rings is 1. The van der Waals surface area contributed by atoms with Crippen molar-refractivity contribution in [3.63, 3.8) is 0 Å². The first-order chi connectivity index (χ1) is 8.24. The first-order valence-electron chi connectivity index (χ1n) is 6.30. The molecule has 3 nitrogen and oxygen atoms in total. The van der Waals surface area contributed by atoms with Gasteiger partial charge in [0.1, 0.15) is 5.82 Å². The molecule has 0 saturated heterocycles. The summed E-state index contributed by atoms with van der Waals surface area (Å²) >= 11 is 6.34. The van der Waals surface area contributed by atoms with Crippen molar-refractivity contribution in [1.29, 1.82) is 0 Å². The molecule has 1 aliphatic carbocycles. The Morgan fingerprint density at radius 2 is 2.12 bits per heavy atom. The third kappa shape index (κ3) is 2.72. The van der Waals surface area contributed by atoms with Crippen LogP contribution < -0.4 is 10.6 Å². The molecule has 0 radical (unpaired) electrons. The van der Waals surface area contributed by atoms with Gasteiger partial charge >= 0.3 is 0 Å². The van der Waals surface area contributed by atoms with Gasteiger partial charge in [-0.3, -0.25) is 0 Å². The molecule has 1 heterocycles. The van der Waals surface area contributed by atoms with E-state index in [1.807, 2.05) is 6.07 Å². The van der Waals surface area contributed by atoms with Crippen LogP contribution in [0.1, 0.15) is 37.7 Å². The summed E-state index contributed by atoms with van der Waals surface area (Å²) in [6.07, 6.45) is 8.24. The minimum Gasteiger partial charge on any atom is -0.355 e. The van der Waals surface area contributed by atoms with Crippen molar-refractivity contribution in [3.05, 3.63) is 22.8 Å². The predicted octanol–water partition coefficient (Wildman–Crippen LogP) is 2.96. The van der Waals surface area contributed by atoms with Gasteiger partial charge < -0.3 is 10.6 Å². The Labute approximate surface area is 108 Å². The van der Waals surface area contributed by atoms with E-state index in [4.69, 9.17) is 17.3 Å². The van der Waals surface area contributed by atoms with Gasteiger partial charge in [-0.05, 0) is 24.5 Å². The zero-order valence-corrected chi connectivity index (χ0v) is 11.1. The molecule has 0 aliphatic heterocycles. The van der Waals surface area contributed by atoms with Crippen molar-refractivity contribution < 1.29 is 0 Å². The first-order valence-corrected chi connectivity index (χ1v) is 6.68. The van der Waals surface area contributed by atoms with Gasteiger partial charge in [0.25, 0.3) is 0 Å². The average molecular weight is 254 g/mol. The number of halogens is 1. The molecule has 1 fully saturated rings. The summed E-state index contributed by atoms with van der Waals surface area (Å²) in [4.78, 5) is 6.62. The Bertz CT molecular complexity index is 375. The number of hydrogen-bond acceptors (Lipinski definition) is 3. The second-order valence-electron chi connectivity index (χ2n) is 4.71. The van der Waals surface area contributed by atoms with Crippen molar-refractivity contribution in [2.45, 2.75) is 44.7 Å². The molecule has 17 heavy (non-hydrogen) atoms. The van der Waals surface area contributed by atoms with Gasteiger partial charge in [0.05, 0.1) is 5.02 Å². The van der Waals surface area contributed by atoms with E-state index in [1.54, 1.807) is 6.20 Å². The molecular formula is C13H20ClN3. The fraction of sp³-hybridized carbons (Fsp3) is 0.615. The van der Waals surface area contributed by atoms with Gasteiger partial charge in [-0.1, -0.05) is 30.9 Å². The standard InChI is InChI=1S/C13H20ClN3/c1-17(11-5-3-2-4-6-11)13-12(14)10(9-15)7-8-16-13/h7-8,11H,2-6,9,15H2,1H3. The van der Waals surface area contributed by atoms with E-state index in [9.17, 15) is 0 Å². The summed E-state index contributed by atoms with van der Waals surface area (Å²) in [6.45, 7) is 0.465. The fourth-order valence-electron chi connectivity index (χ4n) is 2.52. The summed E-state index contributed by atoms with van der Waals surface area (Å²) in [7, 11) is 2.09. The van der Waals surface area contributed by atoms with Crippen LogP contribution in [-0.2, 0) is 6.54 Å². The quantitative estimate of drug-likeness (QED) is 0.901. The molecule has 0 unspecified atom stereocenters. The summed E-state index contributed by atoms with van der Waals surface area (Å²) < 4.78 is 0. The highest BCUT2D eigenvalue weighted by molar-refractivity contribution is 6.33. The smallest absolute Gasteiger partial charge is 0.147 e. The number of nitrogens with zero attached hydrogens (tertiary/aromatic N) is 2. The predicted molar refractivity (Wildman–Crippen MR) is 72.4 cm³/mol. The third-order valence-corrected chi connectivity index (χ3v) is 4.04. The first kappa shape index (κ1) is 12.7. The SMILES string of the molecule is CN(c1nccc(CN)c1Cl)C1CCCCC1. The summed E-state index contributed by atoms with van der Waals surface area (Å²) in [5, 5.41) is 0.711. The number of anilines is 1. The molecule has 0 amide bonds. The molecule has 1 aromatic heterocycles. The molecular weight excluding hydrogens is 234 g/mol. The van der Waals surface area contributed by atoms with Crippen LogP contribution in [0.2, 0.25) is 5.02 Å². The highest BCUT2D eigenvalue weighted by Crippen LogP contribution is 2.31. The number of rotatable bonds is 3. The summed E-state index contributed by atoms with van der Waals surface area (Å²) in [5.74, 6) is 0.876. The normalized spacial score (nSPS) is 17.1. The van der Waals surface area contributed by atoms with Crippen molar-refractivity contribution in [3.8, 4) is 0 Å². The topological polar surface area (TPSA) is 42.2 Å². The van der Waals surface area contributed by atoms with Crippen molar-refractivity contribution in [2.75, 3.05) is 11.9 Å². The molecule has 0 atom stereocenters. The van der Waals surface area contributed by atoms with Gasteiger partial charge in [-0.25, -0.2) is 4.98 Å². The second kappa shape index (κ2) is 5.69. The van der Waals surface area contributed by atoms with Gasteiger partial charge in [0, 0.05) is 25.8 Å². The molecule has 0 aromatic carbocycles. The summed E-state index contributed by atoms with van der Waals surface area (Å²) in [5.41, 5.74) is 6.64. The van der Waals surface area contributed by atoms with E-state index >= 15 is 0 Å². The molecule has 1 aliphatic rings. The van der Waals surface area contributed by atoms with Crippen LogP contribution in [-0.4, -0.2) is 18.1 Å². The number of hydrogen-bond donors (Lipinski definition) is 1. The Balaban J connectivity index is 2.20. The molecule has 4 heteroatoms. The van der Waals surface area contributed by atoms with Gasteiger partial charge in [-0.15, -0.1) is 0 Å². The van der Waals surface area contributed by atoms with Crippen molar-refractivity contribution >= 4 is 17.4 Å². The zero-order valence-electron chi connectivity index (χ0n) is 10.3. The Morgan fingerprint density at radius 1 is 1.41 bits per heavy atom. The Morgan fingerprint density at radius 3 is 2.76 bits per heavy atom. The molecule has 0 spiro atoms. The van der Waals surface area contributed by atoms with Crippen LogP contribution in [0.4, 0.5) is 5.82 Å². The monoisotopic (exact) mass is 253 g/mol. The van der Waals surface area contributed by atoms with Gasteiger partial charge in [0.2, 0.25) is 0 Å². The largest absolute Gasteiger partial charge is 0.355 e. The third-order valence-electron chi connectivity index (χ3n) is 3.63. The average Bonchev–Trinajstić information content (AvgIpc) is 2.39. The molecule has 2 rings (SSSR count). The van der Waals surface area contributed by atoms with Crippen LogP contribution in [0.3, 0.4) is 0 Å². The van der Waals surface area contributed by atoms with E-state index in [-0.39, 0.29) is 0 Å². The lowest BCUT2D eigenvalue weighted by Gasteiger charge is -2.32. The highest BCUT2D eigenvalue weighted by Gasteiger charge is 2.21. The lowest BCUT2D eigenvalue weighted by molar-refractivity contribution is 0.426. The molecule has 2 N–H and O–H groups in total. The molecule has 0 bridgehead atoms. The second-order valence-corrected chi connectivity index (χ2v) is 5.09. The van der Waals surface area contributed by atoms with Crippen molar-refractivity contribution in [2.24, 2.45) is 5.73 Å². The van der Waals surface area contributed by atoms with Crippen LogP contribution in [0.25, 0.3) is 0 Å². The Hall–Kier alpha value is -0.800. The minimum atomic E-state index is 0.465. The lowest BCUT2D eigenvalue weighted by Crippen LogP contribution is -2.34. The van der Waals surface area contributed by atoms with Crippen LogP contribution >= 0.6 is 11.6 Å².